The van der Waals surface area contributed by atoms with Crippen LogP contribution in [0.4, 0.5) is 0 Å². The molecule has 0 saturated heterocycles. The standard InChI is InChI=1S/C15H21NO4/c1-15(2,3)20-14(19)12(16)8-10-4-6-11(7-5-10)9-13(17)18/h4-7,12H,8-9,16H2,1-3H3,(H,17,18). The molecule has 5 heteroatoms. The van der Waals surface area contributed by atoms with E-state index in [0.29, 0.717) is 12.0 Å². The molecule has 0 aliphatic carbocycles. The number of rotatable bonds is 5. The van der Waals surface area contributed by atoms with Crippen LogP contribution in [-0.4, -0.2) is 28.7 Å². The summed E-state index contributed by atoms with van der Waals surface area (Å²) in [6.07, 6.45) is 0.348. The van der Waals surface area contributed by atoms with E-state index in [1.54, 1.807) is 45.0 Å². The quantitative estimate of drug-likeness (QED) is 0.798. The zero-order valence-corrected chi connectivity index (χ0v) is 12.1. The van der Waals surface area contributed by atoms with Gasteiger partial charge in [0.1, 0.15) is 11.6 Å². The van der Waals surface area contributed by atoms with Gasteiger partial charge in [-0.25, -0.2) is 0 Å². The third kappa shape index (κ3) is 5.84. The normalized spacial score (nSPS) is 12.8. The van der Waals surface area contributed by atoms with E-state index in [9.17, 15) is 9.59 Å². The van der Waals surface area contributed by atoms with Crippen LogP contribution < -0.4 is 5.73 Å². The topological polar surface area (TPSA) is 89.6 Å². The Morgan fingerprint density at radius 1 is 1.20 bits per heavy atom. The lowest BCUT2D eigenvalue weighted by Gasteiger charge is -2.22. The van der Waals surface area contributed by atoms with E-state index < -0.39 is 23.6 Å². The zero-order valence-electron chi connectivity index (χ0n) is 12.1. The smallest absolute Gasteiger partial charge is 0.323 e. The van der Waals surface area contributed by atoms with E-state index in [-0.39, 0.29) is 6.42 Å². The Labute approximate surface area is 118 Å². The average molecular weight is 279 g/mol. The van der Waals surface area contributed by atoms with Crippen LogP contribution in [0.2, 0.25) is 0 Å². The first-order valence-corrected chi connectivity index (χ1v) is 6.45. The molecular formula is C15H21NO4. The molecule has 0 bridgehead atoms. The lowest BCUT2D eigenvalue weighted by atomic mass is 10.0. The fraction of sp³-hybridized carbons (Fsp3) is 0.467. The fourth-order valence-electron chi connectivity index (χ4n) is 1.68. The number of hydrogen-bond donors (Lipinski definition) is 2. The van der Waals surface area contributed by atoms with Crippen molar-refractivity contribution in [3.05, 3.63) is 35.4 Å². The number of nitrogens with two attached hydrogens (primary N) is 1. The van der Waals surface area contributed by atoms with Gasteiger partial charge in [-0.15, -0.1) is 0 Å². The van der Waals surface area contributed by atoms with Crippen LogP contribution in [0.5, 0.6) is 0 Å². The van der Waals surface area contributed by atoms with Gasteiger partial charge in [0.2, 0.25) is 0 Å². The van der Waals surface area contributed by atoms with Crippen molar-refractivity contribution in [3.8, 4) is 0 Å². The number of benzene rings is 1. The van der Waals surface area contributed by atoms with Crippen molar-refractivity contribution in [2.45, 2.75) is 45.3 Å². The third-order valence-electron chi connectivity index (χ3n) is 2.54. The Morgan fingerprint density at radius 3 is 2.15 bits per heavy atom. The van der Waals surface area contributed by atoms with Gasteiger partial charge in [-0.05, 0) is 38.3 Å². The summed E-state index contributed by atoms with van der Waals surface area (Å²) in [5, 5.41) is 8.68. The summed E-state index contributed by atoms with van der Waals surface area (Å²) in [4.78, 5) is 22.3. The number of carboxylic acid groups (broad SMARTS) is 1. The predicted octanol–water partition coefficient (Wildman–Crippen LogP) is 1.53. The Kier molecular flexibility index (Phi) is 5.27. The first-order valence-electron chi connectivity index (χ1n) is 6.45. The molecule has 0 heterocycles. The molecule has 110 valence electrons. The van der Waals surface area contributed by atoms with E-state index in [0.717, 1.165) is 5.56 Å². The van der Waals surface area contributed by atoms with Gasteiger partial charge < -0.3 is 15.6 Å². The number of carbonyl (C=O) groups is 2. The number of hydrogen-bond acceptors (Lipinski definition) is 4. The molecule has 0 aliphatic heterocycles. The first-order chi connectivity index (χ1) is 9.17. The molecule has 0 spiro atoms. The van der Waals surface area contributed by atoms with Gasteiger partial charge in [0.15, 0.2) is 0 Å². The largest absolute Gasteiger partial charge is 0.481 e. The van der Waals surface area contributed by atoms with E-state index >= 15 is 0 Å². The number of aliphatic carboxylic acids is 1. The summed E-state index contributed by atoms with van der Waals surface area (Å²) >= 11 is 0. The monoisotopic (exact) mass is 279 g/mol. The zero-order chi connectivity index (χ0) is 15.3. The molecule has 1 aromatic rings. The summed E-state index contributed by atoms with van der Waals surface area (Å²) in [7, 11) is 0. The molecule has 0 aliphatic rings. The minimum atomic E-state index is -0.872. The number of esters is 1. The Morgan fingerprint density at radius 2 is 1.70 bits per heavy atom. The molecule has 0 saturated carbocycles. The summed E-state index contributed by atoms with van der Waals surface area (Å²) < 4.78 is 5.21. The molecule has 1 rings (SSSR count). The van der Waals surface area contributed by atoms with Gasteiger partial charge in [-0.3, -0.25) is 9.59 Å². The van der Waals surface area contributed by atoms with Crippen molar-refractivity contribution < 1.29 is 19.4 Å². The lowest BCUT2D eigenvalue weighted by Crippen LogP contribution is -2.38. The average Bonchev–Trinajstić information content (AvgIpc) is 2.28. The second-order valence-electron chi connectivity index (χ2n) is 5.73. The van der Waals surface area contributed by atoms with Gasteiger partial charge in [0, 0.05) is 0 Å². The van der Waals surface area contributed by atoms with Crippen LogP contribution in [0.3, 0.4) is 0 Å². The fourth-order valence-corrected chi connectivity index (χ4v) is 1.68. The van der Waals surface area contributed by atoms with Crippen LogP contribution in [0.15, 0.2) is 24.3 Å². The lowest BCUT2D eigenvalue weighted by molar-refractivity contribution is -0.156. The van der Waals surface area contributed by atoms with Gasteiger partial charge in [-0.1, -0.05) is 24.3 Å². The van der Waals surface area contributed by atoms with Crippen LogP contribution in [0, 0.1) is 0 Å². The van der Waals surface area contributed by atoms with Crippen molar-refractivity contribution >= 4 is 11.9 Å². The highest BCUT2D eigenvalue weighted by atomic mass is 16.6. The van der Waals surface area contributed by atoms with Crippen molar-refractivity contribution in [3.63, 3.8) is 0 Å². The summed E-state index contributed by atoms with van der Waals surface area (Å²) in [6, 6.07) is 6.29. The van der Waals surface area contributed by atoms with Crippen LogP contribution in [0.1, 0.15) is 31.9 Å². The van der Waals surface area contributed by atoms with E-state index in [1.165, 1.54) is 0 Å². The Hall–Kier alpha value is -1.88. The van der Waals surface area contributed by atoms with Crippen molar-refractivity contribution in [1.82, 2.24) is 0 Å². The molecular weight excluding hydrogens is 258 g/mol. The Balaban J connectivity index is 2.60. The predicted molar refractivity (Wildman–Crippen MR) is 75.3 cm³/mol. The minimum absolute atomic E-state index is 0.0155. The summed E-state index contributed by atoms with van der Waals surface area (Å²) in [5.41, 5.74) is 6.84. The van der Waals surface area contributed by atoms with E-state index in [1.807, 2.05) is 0 Å². The van der Waals surface area contributed by atoms with Crippen molar-refractivity contribution in [1.29, 1.82) is 0 Å². The highest BCUT2D eigenvalue weighted by molar-refractivity contribution is 5.76. The van der Waals surface area contributed by atoms with Gasteiger partial charge in [-0.2, -0.15) is 0 Å². The molecule has 1 unspecified atom stereocenters. The molecule has 20 heavy (non-hydrogen) atoms. The second-order valence-corrected chi connectivity index (χ2v) is 5.73. The summed E-state index contributed by atoms with van der Waals surface area (Å²) in [5.74, 6) is -1.31. The third-order valence-corrected chi connectivity index (χ3v) is 2.54. The second kappa shape index (κ2) is 6.52. The molecule has 0 radical (unpaired) electrons. The highest BCUT2D eigenvalue weighted by Gasteiger charge is 2.22. The number of carbonyl (C=O) groups excluding carboxylic acids is 1. The van der Waals surface area contributed by atoms with Crippen LogP contribution in [0.25, 0.3) is 0 Å². The number of carboxylic acids is 1. The van der Waals surface area contributed by atoms with E-state index in [4.69, 9.17) is 15.6 Å². The van der Waals surface area contributed by atoms with Gasteiger partial charge in [0.25, 0.3) is 0 Å². The van der Waals surface area contributed by atoms with Gasteiger partial charge >= 0.3 is 11.9 Å². The van der Waals surface area contributed by atoms with Crippen molar-refractivity contribution in [2.24, 2.45) is 5.73 Å². The number of ether oxygens (including phenoxy) is 1. The van der Waals surface area contributed by atoms with E-state index in [2.05, 4.69) is 0 Å². The highest BCUT2D eigenvalue weighted by Crippen LogP contribution is 2.11. The first kappa shape index (κ1) is 16.2. The molecule has 5 nitrogen and oxygen atoms in total. The molecule has 0 aromatic heterocycles. The molecule has 0 fully saturated rings. The van der Waals surface area contributed by atoms with Crippen LogP contribution in [-0.2, 0) is 27.2 Å². The molecule has 1 atom stereocenters. The van der Waals surface area contributed by atoms with Crippen LogP contribution >= 0.6 is 0 Å². The van der Waals surface area contributed by atoms with Gasteiger partial charge in [0.05, 0.1) is 6.42 Å². The molecule has 0 amide bonds. The Bertz CT molecular complexity index is 474. The maximum atomic E-state index is 11.8. The summed E-state index contributed by atoms with van der Waals surface area (Å²) in [6.45, 7) is 5.37. The van der Waals surface area contributed by atoms with Crippen molar-refractivity contribution in [2.75, 3.05) is 0 Å². The SMILES string of the molecule is CC(C)(C)OC(=O)C(N)Cc1ccc(CC(=O)O)cc1. The minimum Gasteiger partial charge on any atom is -0.481 e. The maximum absolute atomic E-state index is 11.8. The maximum Gasteiger partial charge on any atom is 0.323 e. The molecule has 1 aromatic carbocycles. The molecule has 3 N–H and O–H groups in total.